The van der Waals surface area contributed by atoms with Gasteiger partial charge in [-0.3, -0.25) is 9.79 Å². The number of carbonyl (C=O) groups excluding carboxylic acids is 1. The molecule has 1 aromatic carbocycles. The molecule has 1 aliphatic rings. The van der Waals surface area contributed by atoms with Crippen molar-refractivity contribution in [1.29, 1.82) is 0 Å². The normalized spacial score (nSPS) is 18.8. The minimum atomic E-state index is -4.23. The lowest BCUT2D eigenvalue weighted by molar-refractivity contribution is -0.118. The van der Waals surface area contributed by atoms with E-state index < -0.39 is 21.5 Å². The van der Waals surface area contributed by atoms with Crippen molar-refractivity contribution < 1.29 is 22.7 Å². The van der Waals surface area contributed by atoms with Crippen LogP contribution in [0.5, 0.6) is 5.88 Å². The molecular weight excluding hydrogens is 468 g/mol. The van der Waals surface area contributed by atoms with Crippen LogP contribution in [0.2, 0.25) is 0 Å². The summed E-state index contributed by atoms with van der Waals surface area (Å²) in [6.45, 7) is 8.13. The quantitative estimate of drug-likeness (QED) is 0.662. The molecule has 10 heteroatoms. The summed E-state index contributed by atoms with van der Waals surface area (Å²) in [6.07, 6.45) is 3.52. The number of rotatable bonds is 3. The first-order valence-corrected chi connectivity index (χ1v) is 12.7. The van der Waals surface area contributed by atoms with Gasteiger partial charge in [-0.05, 0) is 59.7 Å². The van der Waals surface area contributed by atoms with Gasteiger partial charge in [0.05, 0.1) is 18.6 Å². The van der Waals surface area contributed by atoms with Crippen molar-refractivity contribution in [1.82, 2.24) is 9.71 Å². The van der Waals surface area contributed by atoms with Crippen LogP contribution in [0.3, 0.4) is 0 Å². The summed E-state index contributed by atoms with van der Waals surface area (Å²) in [5.74, 6) is -0.224. The van der Waals surface area contributed by atoms with Crippen molar-refractivity contribution in [3.05, 3.63) is 58.3 Å². The van der Waals surface area contributed by atoms with Gasteiger partial charge in [0, 0.05) is 31.8 Å². The van der Waals surface area contributed by atoms with Crippen LogP contribution in [0.4, 0.5) is 0 Å². The molecule has 35 heavy (non-hydrogen) atoms. The van der Waals surface area contributed by atoms with E-state index >= 15 is 0 Å². The number of fused-ring (bicyclic) bond motifs is 4. The van der Waals surface area contributed by atoms with Gasteiger partial charge in [0.15, 0.2) is 0 Å². The predicted molar refractivity (Wildman–Crippen MR) is 136 cm³/mol. The molecule has 0 spiro atoms. The monoisotopic (exact) mass is 500 g/mol. The number of nitrogens with zero attached hydrogens (tertiary/aromatic N) is 2. The number of pyridine rings is 1. The van der Waals surface area contributed by atoms with Crippen molar-refractivity contribution in [3.63, 3.8) is 0 Å². The van der Waals surface area contributed by atoms with Crippen molar-refractivity contribution in [2.45, 2.75) is 52.2 Å². The van der Waals surface area contributed by atoms with Gasteiger partial charge in [-0.1, -0.05) is 19.9 Å². The van der Waals surface area contributed by atoms with Gasteiger partial charge in [0.2, 0.25) is 11.8 Å². The zero-order valence-electron chi connectivity index (χ0n) is 20.7. The second kappa shape index (κ2) is 10.6. The Morgan fingerprint density at radius 3 is 2.69 bits per heavy atom. The summed E-state index contributed by atoms with van der Waals surface area (Å²) in [4.78, 5) is 21.4. The SMILES string of the molecule is COCc1cc2c(c(C(C)C)c1)CC(=O)NS(=O)(=O)/C(=C/N)C=NC(C)(C)COc1cc-2ccn1. The third kappa shape index (κ3) is 6.46. The number of hydrogen-bond acceptors (Lipinski definition) is 8. The topological polar surface area (TPSA) is 133 Å². The van der Waals surface area contributed by atoms with E-state index in [4.69, 9.17) is 15.2 Å². The van der Waals surface area contributed by atoms with Gasteiger partial charge in [-0.25, -0.2) is 18.1 Å². The second-order valence-corrected chi connectivity index (χ2v) is 11.0. The minimum Gasteiger partial charge on any atom is -0.475 e. The number of hydrogen-bond donors (Lipinski definition) is 2. The zero-order valence-corrected chi connectivity index (χ0v) is 21.5. The van der Waals surface area contributed by atoms with E-state index in [2.05, 4.69) is 14.7 Å². The molecular formula is C25H32N4O5S. The molecule has 0 atom stereocenters. The Bertz CT molecular complexity index is 1270. The number of benzene rings is 1. The second-order valence-electron chi connectivity index (χ2n) is 9.32. The van der Waals surface area contributed by atoms with Crippen LogP contribution in [0.1, 0.15) is 50.3 Å². The van der Waals surface area contributed by atoms with Crippen molar-refractivity contribution >= 4 is 22.1 Å². The van der Waals surface area contributed by atoms with E-state index in [1.165, 1.54) is 0 Å². The Labute approximate surface area is 206 Å². The molecule has 188 valence electrons. The lowest BCUT2D eigenvalue weighted by Crippen LogP contribution is -2.34. The van der Waals surface area contributed by atoms with Crippen LogP contribution >= 0.6 is 0 Å². The molecule has 0 radical (unpaired) electrons. The molecule has 1 amide bonds. The molecule has 0 fully saturated rings. The van der Waals surface area contributed by atoms with E-state index in [-0.39, 0.29) is 23.9 Å². The fraction of sp³-hybridized carbons (Fsp3) is 0.400. The highest BCUT2D eigenvalue weighted by molar-refractivity contribution is 7.94. The van der Waals surface area contributed by atoms with Gasteiger partial charge < -0.3 is 15.2 Å². The summed E-state index contributed by atoms with van der Waals surface area (Å²) in [6, 6.07) is 7.57. The van der Waals surface area contributed by atoms with Gasteiger partial charge in [0.1, 0.15) is 11.5 Å². The number of aliphatic imine (C=N–C) groups is 1. The fourth-order valence-corrected chi connectivity index (χ4v) is 4.63. The third-order valence-electron chi connectivity index (χ3n) is 5.50. The Balaban J connectivity index is 2.25. The summed E-state index contributed by atoms with van der Waals surface area (Å²) in [5, 5.41) is 0. The average Bonchev–Trinajstić information content (AvgIpc) is 2.78. The highest BCUT2D eigenvalue weighted by Crippen LogP contribution is 2.34. The molecule has 1 aromatic heterocycles. The average molecular weight is 501 g/mol. The molecule has 1 aliphatic heterocycles. The van der Waals surface area contributed by atoms with E-state index in [0.29, 0.717) is 18.1 Å². The molecule has 3 rings (SSSR count). The molecule has 2 heterocycles. The largest absolute Gasteiger partial charge is 0.475 e. The lowest BCUT2D eigenvalue weighted by Gasteiger charge is -2.21. The number of ether oxygens (including phenoxy) is 2. The number of allylic oxidation sites excluding steroid dienone is 1. The summed E-state index contributed by atoms with van der Waals surface area (Å²) in [7, 11) is -2.61. The summed E-state index contributed by atoms with van der Waals surface area (Å²) >= 11 is 0. The maximum absolute atomic E-state index is 13.0. The van der Waals surface area contributed by atoms with Crippen LogP contribution in [0, 0.1) is 0 Å². The summed E-state index contributed by atoms with van der Waals surface area (Å²) in [5.41, 5.74) is 8.91. The number of carbonyl (C=O) groups is 1. The van der Waals surface area contributed by atoms with Crippen molar-refractivity contribution in [2.75, 3.05) is 13.7 Å². The number of nitrogens with one attached hydrogen (secondary N) is 1. The van der Waals surface area contributed by atoms with Crippen LogP contribution in [-0.4, -0.2) is 44.8 Å². The van der Waals surface area contributed by atoms with Crippen LogP contribution in [0.15, 0.2) is 46.6 Å². The first-order chi connectivity index (χ1) is 16.5. The number of methoxy groups -OCH3 is 1. The first kappa shape index (κ1) is 26.4. The Morgan fingerprint density at radius 2 is 2.03 bits per heavy atom. The number of nitrogens with two attached hydrogens (primary N) is 1. The van der Waals surface area contributed by atoms with Gasteiger partial charge >= 0.3 is 0 Å². The minimum absolute atomic E-state index is 0.0667. The molecule has 0 unspecified atom stereocenters. The highest BCUT2D eigenvalue weighted by Gasteiger charge is 2.25. The van der Waals surface area contributed by atoms with E-state index in [1.54, 1.807) is 33.2 Å². The Morgan fingerprint density at radius 1 is 1.29 bits per heavy atom. The van der Waals surface area contributed by atoms with Crippen molar-refractivity contribution in [2.24, 2.45) is 10.7 Å². The smallest absolute Gasteiger partial charge is 0.267 e. The van der Waals surface area contributed by atoms with Crippen LogP contribution in [0.25, 0.3) is 11.1 Å². The molecule has 0 saturated heterocycles. The summed E-state index contributed by atoms with van der Waals surface area (Å²) < 4.78 is 39.2. The van der Waals surface area contributed by atoms with E-state index in [1.807, 2.05) is 32.0 Å². The molecule has 0 aliphatic carbocycles. The van der Waals surface area contributed by atoms with Crippen LogP contribution in [-0.2, 0) is 32.6 Å². The number of amides is 1. The number of sulfonamides is 1. The van der Waals surface area contributed by atoms with E-state index in [9.17, 15) is 13.2 Å². The van der Waals surface area contributed by atoms with Crippen LogP contribution < -0.4 is 15.2 Å². The maximum Gasteiger partial charge on any atom is 0.267 e. The Kier molecular flexibility index (Phi) is 7.97. The Hall–Kier alpha value is -3.24. The van der Waals surface area contributed by atoms with E-state index in [0.717, 1.165) is 34.7 Å². The molecule has 2 bridgehead atoms. The third-order valence-corrected chi connectivity index (χ3v) is 6.86. The molecule has 9 nitrogen and oxygen atoms in total. The first-order valence-electron chi connectivity index (χ1n) is 11.2. The lowest BCUT2D eigenvalue weighted by atomic mass is 9.86. The van der Waals surface area contributed by atoms with Gasteiger partial charge in [-0.15, -0.1) is 0 Å². The van der Waals surface area contributed by atoms with Gasteiger partial charge in [-0.2, -0.15) is 0 Å². The van der Waals surface area contributed by atoms with Gasteiger partial charge in [0.25, 0.3) is 10.0 Å². The fourth-order valence-electron chi connectivity index (χ4n) is 3.77. The maximum atomic E-state index is 13.0. The molecule has 2 aromatic rings. The van der Waals surface area contributed by atoms with Crippen molar-refractivity contribution in [3.8, 4) is 17.0 Å². The predicted octanol–water partition coefficient (Wildman–Crippen LogP) is 3.05. The zero-order chi connectivity index (χ0) is 25.8. The molecule has 3 N–H and O–H groups in total. The highest BCUT2D eigenvalue weighted by atomic mass is 32.2. The molecule has 0 saturated carbocycles. The standard InChI is InChI=1S/C25H32N4O5S/c1-16(2)20-8-17(14-33-5)9-21-18-6-7-27-24(10-18)34-15-25(3,4)28-13-19(12-26)35(31,32)29-23(30)11-22(20)21/h6-10,12-13,16H,11,14-15,26H2,1-5H3,(H,29,30)/b19-12+,28-13?. The number of aromatic nitrogens is 1.